The Labute approximate surface area is 187 Å². The number of carbonyl (C=O) groups excluding carboxylic acids is 3. The fourth-order valence-electron chi connectivity index (χ4n) is 5.51. The summed E-state index contributed by atoms with van der Waals surface area (Å²) in [4.78, 5) is 42.2. The molecule has 0 unspecified atom stereocenters. The van der Waals surface area contributed by atoms with Crippen LogP contribution in [0.5, 0.6) is 0 Å². The summed E-state index contributed by atoms with van der Waals surface area (Å²) in [5, 5.41) is 3.06. The minimum Gasteiger partial charge on any atom is -0.379 e. The van der Waals surface area contributed by atoms with E-state index >= 15 is 0 Å². The van der Waals surface area contributed by atoms with E-state index in [0.717, 1.165) is 25.7 Å². The summed E-state index contributed by atoms with van der Waals surface area (Å²) in [5.74, 6) is -0.288. The van der Waals surface area contributed by atoms with Crippen LogP contribution in [0.1, 0.15) is 59.8 Å². The number of fused-ring (bicyclic) bond motifs is 2. The number of methoxy groups -OCH3 is 1. The number of rotatable bonds is 11. The zero-order valence-electron chi connectivity index (χ0n) is 20.3. The number of likely N-dealkylation sites (tertiary alicyclic amines) is 1. The molecule has 7 atom stereocenters. The maximum absolute atomic E-state index is 13.6. The Bertz CT molecular complexity index is 653. The maximum atomic E-state index is 13.6. The molecule has 2 aliphatic rings. The van der Waals surface area contributed by atoms with Crippen LogP contribution < -0.4 is 11.1 Å². The molecule has 0 aromatic heterocycles. The minimum atomic E-state index is -0.636. The second-order valence-corrected chi connectivity index (χ2v) is 9.84. The lowest BCUT2D eigenvalue weighted by atomic mass is 9.89. The lowest BCUT2D eigenvalue weighted by molar-refractivity contribution is -0.144. The summed E-state index contributed by atoms with van der Waals surface area (Å²) < 4.78 is 5.58. The fraction of sp³-hybridized carbons (Fsp3) is 0.870. The van der Waals surface area contributed by atoms with Gasteiger partial charge in [0.05, 0.1) is 24.6 Å². The van der Waals surface area contributed by atoms with E-state index in [1.165, 1.54) is 7.11 Å². The molecule has 3 N–H and O–H groups in total. The molecule has 0 aromatic rings. The zero-order valence-corrected chi connectivity index (χ0v) is 20.3. The smallest absolute Gasteiger partial charge is 0.245 e. The van der Waals surface area contributed by atoms with Crippen molar-refractivity contribution in [3.63, 3.8) is 0 Å². The quantitative estimate of drug-likeness (QED) is 0.507. The molecule has 3 amide bonds. The number of likely N-dealkylation sites (N-methyl/N-ethyl adjacent to an activating group) is 2. The summed E-state index contributed by atoms with van der Waals surface area (Å²) in [5.41, 5.74) is 5.43. The molecular formula is C23H42N4O4. The van der Waals surface area contributed by atoms with Crippen molar-refractivity contribution < 1.29 is 19.1 Å². The molecule has 2 fully saturated rings. The molecule has 8 heteroatoms. The highest BCUT2D eigenvalue weighted by Crippen LogP contribution is 2.41. The summed E-state index contributed by atoms with van der Waals surface area (Å²) in [6.45, 7) is 7.96. The number of primary amides is 1. The molecule has 1 saturated heterocycles. The Morgan fingerprint density at radius 2 is 1.87 bits per heavy atom. The van der Waals surface area contributed by atoms with Crippen LogP contribution >= 0.6 is 0 Å². The molecule has 178 valence electrons. The topological polar surface area (TPSA) is 105 Å². The van der Waals surface area contributed by atoms with Crippen molar-refractivity contribution in [1.82, 2.24) is 15.1 Å². The number of hydrogen-bond acceptors (Lipinski definition) is 5. The lowest BCUT2D eigenvalue weighted by Crippen LogP contribution is -2.59. The maximum Gasteiger partial charge on any atom is 0.245 e. The minimum absolute atomic E-state index is 0.0395. The molecular weight excluding hydrogens is 396 g/mol. The molecule has 2 bridgehead atoms. The molecule has 0 aromatic carbocycles. The van der Waals surface area contributed by atoms with Crippen molar-refractivity contribution in [2.24, 2.45) is 23.5 Å². The van der Waals surface area contributed by atoms with Gasteiger partial charge in [-0.15, -0.1) is 0 Å². The van der Waals surface area contributed by atoms with Gasteiger partial charge in [-0.05, 0) is 44.1 Å². The second kappa shape index (κ2) is 10.8. The van der Waals surface area contributed by atoms with Crippen LogP contribution in [-0.2, 0) is 19.1 Å². The Hall–Kier alpha value is -1.67. The molecule has 1 aliphatic carbocycles. The van der Waals surface area contributed by atoms with Crippen molar-refractivity contribution in [3.8, 4) is 0 Å². The van der Waals surface area contributed by atoms with Crippen molar-refractivity contribution in [3.05, 3.63) is 0 Å². The average Bonchev–Trinajstić information content (AvgIpc) is 3.31. The number of nitrogens with one attached hydrogen (secondary N) is 1. The summed E-state index contributed by atoms with van der Waals surface area (Å²) in [6, 6.07) is -0.645. The van der Waals surface area contributed by atoms with Gasteiger partial charge in [-0.2, -0.15) is 0 Å². The van der Waals surface area contributed by atoms with Gasteiger partial charge in [0.1, 0.15) is 6.04 Å². The normalized spacial score (nSPS) is 27.0. The summed E-state index contributed by atoms with van der Waals surface area (Å²) >= 11 is 0. The van der Waals surface area contributed by atoms with Crippen LogP contribution in [0.3, 0.4) is 0 Å². The van der Waals surface area contributed by atoms with Crippen molar-refractivity contribution >= 4 is 17.7 Å². The Kier molecular flexibility index (Phi) is 8.89. The van der Waals surface area contributed by atoms with Crippen LogP contribution in [0.4, 0.5) is 0 Å². The zero-order chi connectivity index (χ0) is 23.5. The highest BCUT2D eigenvalue weighted by Gasteiger charge is 2.48. The highest BCUT2D eigenvalue weighted by molar-refractivity contribution is 5.90. The molecule has 0 spiro atoms. The summed E-state index contributed by atoms with van der Waals surface area (Å²) in [7, 11) is 5.28. The van der Waals surface area contributed by atoms with Gasteiger partial charge in [-0.3, -0.25) is 19.3 Å². The molecule has 1 aliphatic heterocycles. The van der Waals surface area contributed by atoms with Gasteiger partial charge in [0, 0.05) is 20.2 Å². The summed E-state index contributed by atoms with van der Waals surface area (Å²) in [6.07, 6.45) is 3.64. The number of hydrogen-bond donors (Lipinski definition) is 2. The first-order chi connectivity index (χ1) is 14.5. The predicted octanol–water partition coefficient (Wildman–Crippen LogP) is 1.37. The van der Waals surface area contributed by atoms with E-state index in [2.05, 4.69) is 10.2 Å². The Morgan fingerprint density at radius 3 is 2.32 bits per heavy atom. The van der Waals surface area contributed by atoms with E-state index in [9.17, 15) is 14.4 Å². The Balaban J connectivity index is 2.19. The number of carbonyl (C=O) groups is 3. The van der Waals surface area contributed by atoms with Crippen LogP contribution in [0.15, 0.2) is 0 Å². The lowest BCUT2D eigenvalue weighted by Gasteiger charge is -2.40. The van der Waals surface area contributed by atoms with Crippen LogP contribution in [0, 0.1) is 17.8 Å². The molecule has 0 radical (unpaired) electrons. The fourth-order valence-corrected chi connectivity index (χ4v) is 5.51. The van der Waals surface area contributed by atoms with E-state index in [-0.39, 0.29) is 42.2 Å². The van der Waals surface area contributed by atoms with Crippen molar-refractivity contribution in [1.29, 1.82) is 0 Å². The van der Waals surface area contributed by atoms with Gasteiger partial charge < -0.3 is 20.7 Å². The van der Waals surface area contributed by atoms with Crippen molar-refractivity contribution in [2.45, 2.75) is 90.1 Å². The number of piperidine rings is 1. The van der Waals surface area contributed by atoms with E-state index < -0.39 is 18.1 Å². The third kappa shape index (κ3) is 5.58. The SMILES string of the molecule is CC[C@H](C)[C@@H]([C@@H](CC(N)=O)OC)N(C)C(=O)[C@@H](NC(=O)[C@@H]1[C@H]2CC[C@H](C2)N1C)C(C)C. The first kappa shape index (κ1) is 25.6. The van der Waals surface area contributed by atoms with E-state index in [1.54, 1.807) is 11.9 Å². The van der Waals surface area contributed by atoms with E-state index in [1.807, 2.05) is 34.7 Å². The average molecular weight is 439 g/mol. The standard InChI is InChI=1S/C23H42N4O4/c1-8-14(4)20(17(31-7)12-18(24)28)27(6)23(30)19(13(2)3)25-22(29)21-15-9-10-16(11-15)26(21)5/h13-17,19-21H,8-12H2,1-7H3,(H2,24,28)(H,25,29)/t14-,15-,16+,17+,19-,20-,21-/m0/s1. The first-order valence-electron chi connectivity index (χ1n) is 11.6. The third-order valence-electron chi connectivity index (χ3n) is 7.51. The van der Waals surface area contributed by atoms with Gasteiger partial charge in [0.15, 0.2) is 0 Å². The van der Waals surface area contributed by atoms with E-state index in [0.29, 0.717) is 12.0 Å². The van der Waals surface area contributed by atoms with Gasteiger partial charge in [-0.1, -0.05) is 34.1 Å². The second-order valence-electron chi connectivity index (χ2n) is 9.84. The van der Waals surface area contributed by atoms with Crippen LogP contribution in [0.2, 0.25) is 0 Å². The number of ether oxygens (including phenoxy) is 1. The molecule has 2 rings (SSSR count). The van der Waals surface area contributed by atoms with Gasteiger partial charge in [0.2, 0.25) is 17.7 Å². The number of amides is 3. The van der Waals surface area contributed by atoms with Gasteiger partial charge >= 0.3 is 0 Å². The first-order valence-corrected chi connectivity index (χ1v) is 11.6. The Morgan fingerprint density at radius 1 is 1.23 bits per heavy atom. The monoisotopic (exact) mass is 438 g/mol. The molecule has 1 saturated carbocycles. The van der Waals surface area contributed by atoms with Crippen LogP contribution in [0.25, 0.3) is 0 Å². The number of nitrogens with zero attached hydrogens (tertiary/aromatic N) is 2. The van der Waals surface area contributed by atoms with Crippen LogP contribution in [-0.4, -0.2) is 79.0 Å². The van der Waals surface area contributed by atoms with Crippen molar-refractivity contribution in [2.75, 3.05) is 21.2 Å². The number of nitrogens with two attached hydrogens (primary N) is 1. The molecule has 8 nitrogen and oxygen atoms in total. The predicted molar refractivity (Wildman–Crippen MR) is 120 cm³/mol. The van der Waals surface area contributed by atoms with Gasteiger partial charge in [-0.25, -0.2) is 0 Å². The largest absolute Gasteiger partial charge is 0.379 e. The van der Waals surface area contributed by atoms with Gasteiger partial charge in [0.25, 0.3) is 0 Å². The van der Waals surface area contributed by atoms with E-state index in [4.69, 9.17) is 10.5 Å². The molecule has 31 heavy (non-hydrogen) atoms. The third-order valence-corrected chi connectivity index (χ3v) is 7.51. The molecule has 1 heterocycles. The highest BCUT2D eigenvalue weighted by atomic mass is 16.5.